The van der Waals surface area contributed by atoms with Crippen molar-refractivity contribution in [2.24, 2.45) is 17.8 Å². The minimum atomic E-state index is -0.693. The number of methoxy groups -OCH3 is 1. The zero-order valence-corrected chi connectivity index (χ0v) is 22.0. The fraction of sp³-hybridized carbons (Fsp3) is 0.731. The van der Waals surface area contributed by atoms with E-state index in [0.717, 1.165) is 12.8 Å². The van der Waals surface area contributed by atoms with E-state index in [1.807, 2.05) is 32.9 Å². The van der Waals surface area contributed by atoms with Gasteiger partial charge >= 0.3 is 18.0 Å². The van der Waals surface area contributed by atoms with E-state index in [9.17, 15) is 14.4 Å². The normalized spacial score (nSPS) is 21.9. The van der Waals surface area contributed by atoms with Crippen molar-refractivity contribution in [3.8, 4) is 0 Å². The summed E-state index contributed by atoms with van der Waals surface area (Å²) in [6.45, 7) is 13.0. The molecular formula is C26H43NO7. The molecule has 1 heterocycles. The largest absolute Gasteiger partial charge is 0.461 e. The molecule has 8 heteroatoms. The number of carbonyl (C=O) groups is 3. The molecule has 0 saturated carbocycles. The second-order valence-corrected chi connectivity index (χ2v) is 9.87. The van der Waals surface area contributed by atoms with Gasteiger partial charge in [-0.2, -0.15) is 0 Å². The number of hydrogen-bond acceptors (Lipinski definition) is 7. The maximum absolute atomic E-state index is 12.7. The Morgan fingerprint density at radius 3 is 2.50 bits per heavy atom. The highest BCUT2D eigenvalue weighted by atomic mass is 16.6. The van der Waals surface area contributed by atoms with E-state index >= 15 is 0 Å². The number of nitrogens with one attached hydrogen (secondary N) is 1. The van der Waals surface area contributed by atoms with Gasteiger partial charge in [0.2, 0.25) is 0 Å². The molecule has 0 aromatic carbocycles. The molecule has 34 heavy (non-hydrogen) atoms. The van der Waals surface area contributed by atoms with E-state index < -0.39 is 35.8 Å². The molecule has 0 aromatic heterocycles. The van der Waals surface area contributed by atoms with Crippen molar-refractivity contribution >= 4 is 18.0 Å². The third kappa shape index (κ3) is 10.3. The quantitative estimate of drug-likeness (QED) is 0.247. The molecule has 1 aliphatic heterocycles. The summed E-state index contributed by atoms with van der Waals surface area (Å²) in [5, 5.41) is 2.44. The van der Waals surface area contributed by atoms with Crippen molar-refractivity contribution in [2.75, 3.05) is 13.7 Å². The summed E-state index contributed by atoms with van der Waals surface area (Å²) in [6.07, 6.45) is 7.43. The molecule has 0 aromatic rings. The van der Waals surface area contributed by atoms with E-state index in [2.05, 4.69) is 18.3 Å². The van der Waals surface area contributed by atoms with Crippen molar-refractivity contribution < 1.29 is 33.3 Å². The average molecular weight is 482 g/mol. The van der Waals surface area contributed by atoms with Gasteiger partial charge in [0.15, 0.2) is 0 Å². The highest BCUT2D eigenvalue weighted by Gasteiger charge is 2.37. The first-order valence-electron chi connectivity index (χ1n) is 12.1. The minimum absolute atomic E-state index is 0.0347. The van der Waals surface area contributed by atoms with Crippen LogP contribution in [-0.4, -0.2) is 55.6 Å². The number of hydrogen-bond donors (Lipinski definition) is 1. The predicted octanol–water partition coefficient (Wildman–Crippen LogP) is 4.57. The number of amides is 1. The fourth-order valence-corrected chi connectivity index (χ4v) is 4.15. The lowest BCUT2D eigenvalue weighted by atomic mass is 9.83. The minimum Gasteiger partial charge on any atom is -0.461 e. The summed E-state index contributed by atoms with van der Waals surface area (Å²) in [5.74, 6) is -0.966. The third-order valence-electron chi connectivity index (χ3n) is 5.90. The van der Waals surface area contributed by atoms with Gasteiger partial charge in [-0.25, -0.2) is 9.59 Å². The monoisotopic (exact) mass is 481 g/mol. The first-order chi connectivity index (χ1) is 15.9. The van der Waals surface area contributed by atoms with E-state index in [4.69, 9.17) is 18.9 Å². The number of cyclic esters (lactones) is 1. The van der Waals surface area contributed by atoms with E-state index in [-0.39, 0.29) is 30.4 Å². The second-order valence-electron chi connectivity index (χ2n) is 9.87. The molecule has 1 aliphatic rings. The third-order valence-corrected chi connectivity index (χ3v) is 5.90. The Morgan fingerprint density at radius 1 is 1.26 bits per heavy atom. The summed E-state index contributed by atoms with van der Waals surface area (Å²) in [5.41, 5.74) is -0.673. The second kappa shape index (κ2) is 14.1. The van der Waals surface area contributed by atoms with Gasteiger partial charge in [-0.3, -0.25) is 4.79 Å². The summed E-state index contributed by atoms with van der Waals surface area (Å²) in [4.78, 5) is 36.5. The summed E-state index contributed by atoms with van der Waals surface area (Å²) in [7, 11) is 1.65. The lowest BCUT2D eigenvalue weighted by molar-refractivity contribution is -0.161. The van der Waals surface area contributed by atoms with E-state index in [0.29, 0.717) is 6.42 Å². The van der Waals surface area contributed by atoms with Crippen LogP contribution in [0, 0.1) is 17.8 Å². The number of ether oxygens (including phenoxy) is 4. The molecule has 194 valence electrons. The van der Waals surface area contributed by atoms with Crippen LogP contribution in [-0.2, 0) is 28.5 Å². The number of carbonyl (C=O) groups excluding carboxylic acids is 3. The Morgan fingerprint density at radius 2 is 1.94 bits per heavy atom. The van der Waals surface area contributed by atoms with Gasteiger partial charge < -0.3 is 24.3 Å². The Bertz CT molecular complexity index is 725. The number of esters is 2. The van der Waals surface area contributed by atoms with Crippen LogP contribution in [0.3, 0.4) is 0 Å². The van der Waals surface area contributed by atoms with Gasteiger partial charge in [0.1, 0.15) is 24.4 Å². The number of allylic oxidation sites excluding steroid dienone is 2. The van der Waals surface area contributed by atoms with Gasteiger partial charge in [0.05, 0.1) is 6.10 Å². The van der Waals surface area contributed by atoms with Crippen LogP contribution >= 0.6 is 0 Å². The molecule has 0 saturated heterocycles. The van der Waals surface area contributed by atoms with Crippen LogP contribution in [0.5, 0.6) is 0 Å². The van der Waals surface area contributed by atoms with E-state index in [1.54, 1.807) is 27.9 Å². The fourth-order valence-electron chi connectivity index (χ4n) is 4.15. The molecule has 0 aliphatic carbocycles. The Labute approximate surface area is 204 Å². The maximum Gasteiger partial charge on any atom is 0.408 e. The molecule has 8 nitrogen and oxygen atoms in total. The highest BCUT2D eigenvalue weighted by molar-refractivity contribution is 5.83. The predicted molar refractivity (Wildman–Crippen MR) is 130 cm³/mol. The van der Waals surface area contributed by atoms with Gasteiger partial charge in [-0.15, -0.1) is 0 Å². The Balaban J connectivity index is 2.99. The van der Waals surface area contributed by atoms with Crippen molar-refractivity contribution in [1.29, 1.82) is 0 Å². The Hall–Kier alpha value is -2.35. The summed E-state index contributed by atoms with van der Waals surface area (Å²) < 4.78 is 22.4. The van der Waals surface area contributed by atoms with Gasteiger partial charge in [0, 0.05) is 31.4 Å². The van der Waals surface area contributed by atoms with Gasteiger partial charge in [-0.05, 0) is 46.5 Å². The van der Waals surface area contributed by atoms with E-state index in [1.165, 1.54) is 6.08 Å². The van der Waals surface area contributed by atoms with Gasteiger partial charge in [-0.1, -0.05) is 39.0 Å². The average Bonchev–Trinajstić information content (AvgIpc) is 2.75. The van der Waals surface area contributed by atoms with Crippen LogP contribution in [0.1, 0.15) is 67.7 Å². The SMILES string of the molecule is C/C=C/C[C@H](C)[C@@H](OC)[C@@H](C)[C@@H](C[C@H]1OC(=O)C=C[C@H]1CC)OC(=O)CNC(=O)OC(C)(C)C. The smallest absolute Gasteiger partial charge is 0.408 e. The molecular weight excluding hydrogens is 438 g/mol. The summed E-state index contributed by atoms with van der Waals surface area (Å²) >= 11 is 0. The van der Waals surface area contributed by atoms with Crippen molar-refractivity contribution in [1.82, 2.24) is 5.32 Å². The molecule has 6 atom stereocenters. The molecule has 0 unspecified atom stereocenters. The van der Waals surface area contributed by atoms with Crippen molar-refractivity contribution in [3.63, 3.8) is 0 Å². The zero-order valence-electron chi connectivity index (χ0n) is 22.0. The molecule has 1 amide bonds. The van der Waals surface area contributed by atoms with Crippen molar-refractivity contribution in [3.05, 3.63) is 24.3 Å². The lowest BCUT2D eigenvalue weighted by Gasteiger charge is -2.36. The summed E-state index contributed by atoms with van der Waals surface area (Å²) in [6, 6.07) is 0. The molecule has 0 bridgehead atoms. The molecule has 0 fully saturated rings. The van der Waals surface area contributed by atoms with Crippen LogP contribution in [0.25, 0.3) is 0 Å². The first-order valence-corrected chi connectivity index (χ1v) is 12.1. The molecule has 0 spiro atoms. The Kier molecular flexibility index (Phi) is 12.3. The molecule has 0 radical (unpaired) electrons. The lowest BCUT2D eigenvalue weighted by Crippen LogP contribution is -2.44. The van der Waals surface area contributed by atoms with Crippen LogP contribution in [0.2, 0.25) is 0 Å². The van der Waals surface area contributed by atoms with Gasteiger partial charge in [0.25, 0.3) is 0 Å². The standard InChI is InChI=1S/C26H43NO7/c1-9-11-12-17(3)24(31-8)18(4)20(15-21-19(10-2)13-14-22(28)33-21)32-23(29)16-27-25(30)34-26(5,6)7/h9,11,13-14,17-21,24H,10,12,15-16H2,1-8H3,(H,27,30)/b11-9+/t17-,18-,19+,20+,21+,24+/m0/s1. The van der Waals surface area contributed by atoms with Crippen molar-refractivity contribution in [2.45, 2.75) is 91.6 Å². The molecule has 1 N–H and O–H groups in total. The zero-order chi connectivity index (χ0) is 25.9. The number of rotatable bonds is 12. The first kappa shape index (κ1) is 29.7. The molecule has 1 rings (SSSR count). The van der Waals surface area contributed by atoms with Crippen LogP contribution < -0.4 is 5.32 Å². The highest BCUT2D eigenvalue weighted by Crippen LogP contribution is 2.31. The van der Waals surface area contributed by atoms with Crippen LogP contribution in [0.4, 0.5) is 4.79 Å². The maximum atomic E-state index is 12.7. The topological polar surface area (TPSA) is 100 Å². The van der Waals surface area contributed by atoms with Crippen LogP contribution in [0.15, 0.2) is 24.3 Å². The number of alkyl carbamates (subject to hydrolysis) is 1.